The molecule has 1 rings (SSSR count). The van der Waals surface area contributed by atoms with E-state index in [1.165, 1.54) is 0 Å². The minimum absolute atomic E-state index is 0.0129. The molecule has 1 heterocycles. The SMILES string of the molecule is CC(C)(C)/C=C/C(=O)N1CCC(CNC(=O)CC#N)CC1. The molecule has 5 nitrogen and oxygen atoms in total. The van der Waals surface area contributed by atoms with E-state index in [4.69, 9.17) is 5.26 Å². The Morgan fingerprint density at radius 2 is 1.95 bits per heavy atom. The summed E-state index contributed by atoms with van der Waals surface area (Å²) < 4.78 is 0. The summed E-state index contributed by atoms with van der Waals surface area (Å²) in [5.41, 5.74) is 0.0129. The first kappa shape index (κ1) is 17.2. The normalized spacial score (nSPS) is 16.8. The molecule has 0 saturated carbocycles. The van der Waals surface area contributed by atoms with E-state index in [1.54, 1.807) is 6.08 Å². The molecule has 0 aliphatic carbocycles. The fraction of sp³-hybridized carbons (Fsp3) is 0.688. The quantitative estimate of drug-likeness (QED) is 0.803. The van der Waals surface area contributed by atoms with Gasteiger partial charge in [-0.25, -0.2) is 0 Å². The lowest BCUT2D eigenvalue weighted by molar-refractivity contribution is -0.127. The Morgan fingerprint density at radius 1 is 1.33 bits per heavy atom. The molecule has 1 aliphatic heterocycles. The largest absolute Gasteiger partial charge is 0.355 e. The van der Waals surface area contributed by atoms with Gasteiger partial charge in [-0.2, -0.15) is 5.26 Å². The topological polar surface area (TPSA) is 73.2 Å². The van der Waals surface area contributed by atoms with E-state index >= 15 is 0 Å². The molecule has 5 heteroatoms. The molecular formula is C16H25N3O2. The Morgan fingerprint density at radius 3 is 2.48 bits per heavy atom. The van der Waals surface area contributed by atoms with Crippen LogP contribution in [0.4, 0.5) is 0 Å². The highest BCUT2D eigenvalue weighted by Gasteiger charge is 2.22. The van der Waals surface area contributed by atoms with Crippen molar-refractivity contribution in [1.82, 2.24) is 10.2 Å². The molecule has 0 aromatic heterocycles. The highest BCUT2D eigenvalue weighted by Crippen LogP contribution is 2.18. The molecular weight excluding hydrogens is 266 g/mol. The molecule has 21 heavy (non-hydrogen) atoms. The Kier molecular flexibility index (Phi) is 6.41. The molecule has 2 amide bonds. The standard InChI is InChI=1S/C16H25N3O2/c1-16(2,3)8-4-15(21)19-10-6-13(7-11-19)12-18-14(20)5-9-17/h4,8,13H,5-7,10-12H2,1-3H3,(H,18,20)/b8-4+. The Balaban J connectivity index is 2.32. The number of nitrogens with one attached hydrogen (secondary N) is 1. The van der Waals surface area contributed by atoms with Crippen LogP contribution in [0.1, 0.15) is 40.0 Å². The highest BCUT2D eigenvalue weighted by atomic mass is 16.2. The van der Waals surface area contributed by atoms with Crippen molar-refractivity contribution in [2.24, 2.45) is 11.3 Å². The first-order valence-corrected chi connectivity index (χ1v) is 7.43. The Labute approximate surface area is 127 Å². The van der Waals surface area contributed by atoms with Gasteiger partial charge < -0.3 is 10.2 Å². The molecule has 1 aliphatic rings. The van der Waals surface area contributed by atoms with E-state index in [-0.39, 0.29) is 23.7 Å². The fourth-order valence-corrected chi connectivity index (χ4v) is 2.18. The van der Waals surface area contributed by atoms with E-state index < -0.39 is 0 Å². The van der Waals surface area contributed by atoms with Gasteiger partial charge in [0, 0.05) is 19.6 Å². The van der Waals surface area contributed by atoms with Gasteiger partial charge in [-0.15, -0.1) is 0 Å². The number of allylic oxidation sites excluding steroid dienone is 1. The van der Waals surface area contributed by atoms with E-state index in [1.807, 2.05) is 17.0 Å². The average Bonchev–Trinajstić information content (AvgIpc) is 2.42. The summed E-state index contributed by atoms with van der Waals surface area (Å²) in [5, 5.41) is 11.2. The zero-order valence-corrected chi connectivity index (χ0v) is 13.2. The second-order valence-electron chi connectivity index (χ2n) is 6.61. The number of piperidine rings is 1. The van der Waals surface area contributed by atoms with Gasteiger partial charge >= 0.3 is 0 Å². The van der Waals surface area contributed by atoms with Crippen LogP contribution in [0.5, 0.6) is 0 Å². The van der Waals surface area contributed by atoms with Crippen LogP contribution in [0, 0.1) is 22.7 Å². The third-order valence-electron chi connectivity index (χ3n) is 3.48. The molecule has 0 aromatic rings. The lowest BCUT2D eigenvalue weighted by Gasteiger charge is -2.31. The molecule has 1 fully saturated rings. The number of carbonyl (C=O) groups is 2. The Hall–Kier alpha value is -1.83. The zero-order chi connectivity index (χ0) is 15.9. The molecule has 0 radical (unpaired) electrons. The number of nitriles is 1. The molecule has 0 bridgehead atoms. The predicted molar refractivity (Wildman–Crippen MR) is 81.1 cm³/mol. The first-order valence-electron chi connectivity index (χ1n) is 7.43. The summed E-state index contributed by atoms with van der Waals surface area (Å²) in [6, 6.07) is 1.83. The van der Waals surface area contributed by atoms with Gasteiger partial charge in [0.1, 0.15) is 6.42 Å². The maximum Gasteiger partial charge on any atom is 0.246 e. The summed E-state index contributed by atoms with van der Waals surface area (Å²) in [6.45, 7) is 8.24. The monoisotopic (exact) mass is 291 g/mol. The van der Waals surface area contributed by atoms with E-state index in [2.05, 4.69) is 26.1 Å². The van der Waals surface area contributed by atoms with Crippen molar-refractivity contribution >= 4 is 11.8 Å². The van der Waals surface area contributed by atoms with Crippen LogP contribution in [-0.2, 0) is 9.59 Å². The molecule has 0 spiro atoms. The van der Waals surface area contributed by atoms with Gasteiger partial charge in [0.2, 0.25) is 11.8 Å². The van der Waals surface area contributed by atoms with Gasteiger partial charge in [0.15, 0.2) is 0 Å². The third-order valence-corrected chi connectivity index (χ3v) is 3.48. The molecule has 1 saturated heterocycles. The van der Waals surface area contributed by atoms with E-state index in [9.17, 15) is 9.59 Å². The lowest BCUT2D eigenvalue weighted by atomic mass is 9.95. The van der Waals surface area contributed by atoms with Crippen molar-refractivity contribution < 1.29 is 9.59 Å². The van der Waals surface area contributed by atoms with Crippen molar-refractivity contribution in [2.75, 3.05) is 19.6 Å². The summed E-state index contributed by atoms with van der Waals surface area (Å²) in [5.74, 6) is 0.240. The van der Waals surface area contributed by atoms with E-state index in [0.717, 1.165) is 25.9 Å². The second-order valence-corrected chi connectivity index (χ2v) is 6.61. The van der Waals surface area contributed by atoms with Crippen molar-refractivity contribution in [1.29, 1.82) is 5.26 Å². The second kappa shape index (κ2) is 7.82. The molecule has 0 aromatic carbocycles. The van der Waals surface area contributed by atoms with Gasteiger partial charge in [0.05, 0.1) is 6.07 Å². The van der Waals surface area contributed by atoms with Crippen LogP contribution in [0.25, 0.3) is 0 Å². The summed E-state index contributed by atoms with van der Waals surface area (Å²) in [6.07, 6.45) is 5.29. The number of rotatable bonds is 4. The number of likely N-dealkylation sites (tertiary alicyclic amines) is 1. The lowest BCUT2D eigenvalue weighted by Crippen LogP contribution is -2.41. The number of carbonyl (C=O) groups excluding carboxylic acids is 2. The first-order chi connectivity index (χ1) is 9.81. The van der Waals surface area contributed by atoms with Gasteiger partial charge in [0.25, 0.3) is 0 Å². The van der Waals surface area contributed by atoms with Crippen LogP contribution in [0.2, 0.25) is 0 Å². The fourth-order valence-electron chi connectivity index (χ4n) is 2.18. The van der Waals surface area contributed by atoms with Crippen molar-refractivity contribution in [2.45, 2.75) is 40.0 Å². The zero-order valence-electron chi connectivity index (χ0n) is 13.2. The van der Waals surface area contributed by atoms with Crippen molar-refractivity contribution in [3.63, 3.8) is 0 Å². The van der Waals surface area contributed by atoms with Crippen molar-refractivity contribution in [3.05, 3.63) is 12.2 Å². The number of nitrogens with zero attached hydrogens (tertiary/aromatic N) is 2. The van der Waals surface area contributed by atoms with Crippen LogP contribution < -0.4 is 5.32 Å². The molecule has 116 valence electrons. The summed E-state index contributed by atoms with van der Waals surface area (Å²) in [7, 11) is 0. The highest BCUT2D eigenvalue weighted by molar-refractivity contribution is 5.87. The summed E-state index contributed by atoms with van der Waals surface area (Å²) in [4.78, 5) is 25.1. The Bertz CT molecular complexity index is 435. The molecule has 0 unspecified atom stereocenters. The maximum atomic E-state index is 12.0. The number of hydrogen-bond donors (Lipinski definition) is 1. The van der Waals surface area contributed by atoms with Crippen LogP contribution >= 0.6 is 0 Å². The third kappa shape index (κ3) is 6.94. The molecule has 1 N–H and O–H groups in total. The van der Waals surface area contributed by atoms with Crippen LogP contribution in [0.15, 0.2) is 12.2 Å². The minimum Gasteiger partial charge on any atom is -0.355 e. The summed E-state index contributed by atoms with van der Waals surface area (Å²) >= 11 is 0. The van der Waals surface area contributed by atoms with Crippen molar-refractivity contribution in [3.8, 4) is 6.07 Å². The van der Waals surface area contributed by atoms with Crippen LogP contribution in [-0.4, -0.2) is 36.3 Å². The average molecular weight is 291 g/mol. The van der Waals surface area contributed by atoms with Gasteiger partial charge in [-0.05, 0) is 30.3 Å². The van der Waals surface area contributed by atoms with Crippen LogP contribution in [0.3, 0.4) is 0 Å². The molecule has 0 atom stereocenters. The minimum atomic E-state index is -0.218. The number of amides is 2. The van der Waals surface area contributed by atoms with Gasteiger partial charge in [-0.1, -0.05) is 26.8 Å². The smallest absolute Gasteiger partial charge is 0.246 e. The van der Waals surface area contributed by atoms with Gasteiger partial charge in [-0.3, -0.25) is 9.59 Å². The van der Waals surface area contributed by atoms with E-state index in [0.29, 0.717) is 12.5 Å². The number of hydrogen-bond acceptors (Lipinski definition) is 3. The maximum absolute atomic E-state index is 12.0. The predicted octanol–water partition coefficient (Wildman–Crippen LogP) is 1.86.